The van der Waals surface area contributed by atoms with Crippen LogP contribution >= 0.6 is 15.9 Å². The third-order valence-electron chi connectivity index (χ3n) is 2.90. The molecular weight excluding hydrogens is 308 g/mol. The Bertz CT molecular complexity index is 806. The molecular formula is C13H11BrN4O. The topological polar surface area (TPSA) is 52.7 Å². The van der Waals surface area contributed by atoms with E-state index in [1.165, 1.54) is 4.68 Å². The van der Waals surface area contributed by atoms with E-state index in [0.29, 0.717) is 11.9 Å². The average Bonchev–Trinajstić information content (AvgIpc) is 2.78. The van der Waals surface area contributed by atoms with Gasteiger partial charge in [-0.15, -0.1) is 0 Å². The lowest BCUT2D eigenvalue weighted by atomic mass is 10.2. The molecule has 3 rings (SSSR count). The predicted molar refractivity (Wildman–Crippen MR) is 76.0 cm³/mol. The van der Waals surface area contributed by atoms with Crippen LogP contribution in [0.1, 0.15) is 5.69 Å². The van der Waals surface area contributed by atoms with Gasteiger partial charge >= 0.3 is 0 Å². The highest BCUT2D eigenvalue weighted by Crippen LogP contribution is 2.16. The van der Waals surface area contributed by atoms with Crippen molar-refractivity contribution in [3.63, 3.8) is 0 Å². The van der Waals surface area contributed by atoms with E-state index in [4.69, 9.17) is 0 Å². The van der Waals surface area contributed by atoms with Crippen LogP contribution in [-0.2, 0) is 13.6 Å². The predicted octanol–water partition coefficient (Wildman–Crippen LogP) is 1.94. The SMILES string of the molecule is Cn1ccc(Cn2ncc3cc(Br)ccc3c2=O)n1. The molecule has 2 aromatic heterocycles. The number of rotatable bonds is 2. The lowest BCUT2D eigenvalue weighted by Gasteiger charge is -2.04. The van der Waals surface area contributed by atoms with Gasteiger partial charge in [0.25, 0.3) is 5.56 Å². The zero-order chi connectivity index (χ0) is 13.4. The maximum atomic E-state index is 12.3. The van der Waals surface area contributed by atoms with Crippen molar-refractivity contribution in [1.29, 1.82) is 0 Å². The quantitative estimate of drug-likeness (QED) is 0.725. The number of aryl methyl sites for hydroxylation is 1. The fourth-order valence-corrected chi connectivity index (χ4v) is 2.35. The van der Waals surface area contributed by atoms with Crippen molar-refractivity contribution in [3.05, 3.63) is 57.2 Å². The zero-order valence-electron chi connectivity index (χ0n) is 10.2. The van der Waals surface area contributed by atoms with E-state index in [1.807, 2.05) is 31.4 Å². The molecule has 0 fully saturated rings. The van der Waals surface area contributed by atoms with E-state index in [2.05, 4.69) is 26.1 Å². The van der Waals surface area contributed by atoms with Gasteiger partial charge in [0.15, 0.2) is 0 Å². The molecule has 0 radical (unpaired) electrons. The van der Waals surface area contributed by atoms with Crippen LogP contribution in [0.15, 0.2) is 45.9 Å². The molecule has 0 saturated heterocycles. The number of aromatic nitrogens is 4. The second-order valence-corrected chi connectivity index (χ2v) is 5.24. The third-order valence-corrected chi connectivity index (χ3v) is 3.39. The Hall–Kier alpha value is -1.95. The number of nitrogens with zero attached hydrogens (tertiary/aromatic N) is 4. The maximum absolute atomic E-state index is 12.3. The molecule has 3 aromatic rings. The van der Waals surface area contributed by atoms with Crippen molar-refractivity contribution in [2.24, 2.45) is 7.05 Å². The summed E-state index contributed by atoms with van der Waals surface area (Å²) in [6.07, 6.45) is 3.54. The molecule has 0 atom stereocenters. The summed E-state index contributed by atoms with van der Waals surface area (Å²) in [6.45, 7) is 0.381. The number of benzene rings is 1. The minimum Gasteiger partial charge on any atom is -0.275 e. The van der Waals surface area contributed by atoms with Crippen LogP contribution < -0.4 is 5.56 Å². The fraction of sp³-hybridized carbons (Fsp3) is 0.154. The lowest BCUT2D eigenvalue weighted by Crippen LogP contribution is -2.23. The molecule has 0 unspecified atom stereocenters. The van der Waals surface area contributed by atoms with Gasteiger partial charge in [-0.3, -0.25) is 9.48 Å². The molecule has 6 heteroatoms. The zero-order valence-corrected chi connectivity index (χ0v) is 11.8. The molecule has 0 N–H and O–H groups in total. The largest absolute Gasteiger partial charge is 0.275 e. The highest BCUT2D eigenvalue weighted by molar-refractivity contribution is 9.10. The first kappa shape index (κ1) is 12.1. The van der Waals surface area contributed by atoms with E-state index < -0.39 is 0 Å². The summed E-state index contributed by atoms with van der Waals surface area (Å²) >= 11 is 3.38. The maximum Gasteiger partial charge on any atom is 0.274 e. The second-order valence-electron chi connectivity index (χ2n) is 4.32. The van der Waals surface area contributed by atoms with Crippen LogP contribution in [-0.4, -0.2) is 19.6 Å². The van der Waals surface area contributed by atoms with Gasteiger partial charge in [0.2, 0.25) is 0 Å². The molecule has 0 aliphatic carbocycles. The highest BCUT2D eigenvalue weighted by atomic mass is 79.9. The molecule has 1 aromatic carbocycles. The van der Waals surface area contributed by atoms with Crippen molar-refractivity contribution in [2.45, 2.75) is 6.54 Å². The van der Waals surface area contributed by atoms with Gasteiger partial charge in [-0.2, -0.15) is 10.2 Å². The summed E-state index contributed by atoms with van der Waals surface area (Å²) in [4.78, 5) is 12.3. The van der Waals surface area contributed by atoms with Gasteiger partial charge in [-0.25, -0.2) is 4.68 Å². The molecule has 0 saturated carbocycles. The van der Waals surface area contributed by atoms with Crippen LogP contribution in [0.4, 0.5) is 0 Å². The molecule has 96 valence electrons. The number of halogens is 1. The molecule has 0 aliphatic rings. The first-order chi connectivity index (χ1) is 9.13. The van der Waals surface area contributed by atoms with Crippen molar-refractivity contribution in [3.8, 4) is 0 Å². The highest BCUT2D eigenvalue weighted by Gasteiger charge is 2.06. The van der Waals surface area contributed by atoms with E-state index in [-0.39, 0.29) is 5.56 Å². The lowest BCUT2D eigenvalue weighted by molar-refractivity contribution is 0.621. The van der Waals surface area contributed by atoms with Crippen molar-refractivity contribution < 1.29 is 0 Å². The second kappa shape index (κ2) is 4.62. The van der Waals surface area contributed by atoms with Crippen LogP contribution in [0.3, 0.4) is 0 Å². The van der Waals surface area contributed by atoms with Gasteiger partial charge in [-0.1, -0.05) is 15.9 Å². The summed E-state index contributed by atoms with van der Waals surface area (Å²) < 4.78 is 4.07. The molecule has 0 aliphatic heterocycles. The molecule has 0 spiro atoms. The molecule has 19 heavy (non-hydrogen) atoms. The number of hydrogen-bond donors (Lipinski definition) is 0. The van der Waals surface area contributed by atoms with Crippen LogP contribution in [0.2, 0.25) is 0 Å². The van der Waals surface area contributed by atoms with E-state index >= 15 is 0 Å². The standard InChI is InChI=1S/C13H11BrN4O/c1-17-5-4-11(16-17)8-18-13(19)12-3-2-10(14)6-9(12)7-15-18/h2-7H,8H2,1H3. The Balaban J connectivity index is 2.08. The Morgan fingerprint density at radius 3 is 2.89 bits per heavy atom. The third kappa shape index (κ3) is 2.31. The van der Waals surface area contributed by atoms with Crippen LogP contribution in [0.25, 0.3) is 10.8 Å². The first-order valence-electron chi connectivity index (χ1n) is 5.77. The van der Waals surface area contributed by atoms with E-state index in [0.717, 1.165) is 15.6 Å². The Morgan fingerprint density at radius 2 is 2.16 bits per heavy atom. The van der Waals surface area contributed by atoms with Gasteiger partial charge in [0.05, 0.1) is 23.8 Å². The van der Waals surface area contributed by atoms with Crippen molar-refractivity contribution >= 4 is 26.7 Å². The number of hydrogen-bond acceptors (Lipinski definition) is 3. The van der Waals surface area contributed by atoms with Gasteiger partial charge < -0.3 is 0 Å². The molecule has 2 heterocycles. The van der Waals surface area contributed by atoms with Crippen LogP contribution in [0, 0.1) is 0 Å². The van der Waals surface area contributed by atoms with Gasteiger partial charge in [-0.05, 0) is 24.3 Å². The summed E-state index contributed by atoms with van der Waals surface area (Å²) in [7, 11) is 1.84. The Kier molecular flexibility index (Phi) is 2.94. The van der Waals surface area contributed by atoms with E-state index in [9.17, 15) is 4.79 Å². The molecule has 0 amide bonds. The normalized spacial score (nSPS) is 11.1. The summed E-state index contributed by atoms with van der Waals surface area (Å²) in [6, 6.07) is 7.42. The Morgan fingerprint density at radius 1 is 1.32 bits per heavy atom. The molecule has 5 nitrogen and oxygen atoms in total. The minimum absolute atomic E-state index is 0.101. The van der Waals surface area contributed by atoms with Gasteiger partial charge in [0.1, 0.15) is 0 Å². The minimum atomic E-state index is -0.101. The monoisotopic (exact) mass is 318 g/mol. The van der Waals surface area contributed by atoms with Crippen LogP contribution in [0.5, 0.6) is 0 Å². The Labute approximate surface area is 117 Å². The smallest absolute Gasteiger partial charge is 0.274 e. The summed E-state index contributed by atoms with van der Waals surface area (Å²) in [5.41, 5.74) is 0.712. The summed E-state index contributed by atoms with van der Waals surface area (Å²) in [5.74, 6) is 0. The van der Waals surface area contributed by atoms with Gasteiger partial charge in [0, 0.05) is 23.1 Å². The average molecular weight is 319 g/mol. The number of fused-ring (bicyclic) bond motifs is 1. The van der Waals surface area contributed by atoms with Crippen molar-refractivity contribution in [2.75, 3.05) is 0 Å². The van der Waals surface area contributed by atoms with E-state index in [1.54, 1.807) is 16.9 Å². The summed E-state index contributed by atoms with van der Waals surface area (Å²) in [5, 5.41) is 9.93. The fourth-order valence-electron chi connectivity index (χ4n) is 1.97. The first-order valence-corrected chi connectivity index (χ1v) is 6.57. The van der Waals surface area contributed by atoms with Crippen molar-refractivity contribution in [1.82, 2.24) is 19.6 Å². The molecule has 0 bridgehead atoms.